The molecule has 1 saturated heterocycles. The van der Waals surface area contributed by atoms with Crippen LogP contribution in [-0.4, -0.2) is 87.5 Å². The second-order valence-corrected chi connectivity index (χ2v) is 21.5. The molecule has 1 rings (SSSR count). The van der Waals surface area contributed by atoms with E-state index in [0.29, 0.717) is 12.8 Å². The molecule has 0 aromatic rings. The SMILES string of the molecule is CC/C=C\C/C=C\C/C=C\C/C=C\C/C=C\C/C=C\C/C=C\C/C=C\C/C=C\CCCC(=O)NC(COC1OC(CO)C(O)C(O)C1O)C(O)CCCCCCCCCCCCCCCCCCCCCCCCCCC. The van der Waals surface area contributed by atoms with Gasteiger partial charge in [0.15, 0.2) is 6.29 Å². The Morgan fingerprint density at radius 2 is 0.792 bits per heavy atom. The van der Waals surface area contributed by atoms with Crippen LogP contribution in [0.4, 0.5) is 0 Å². The molecule has 1 amide bonds. The Morgan fingerprint density at radius 1 is 0.455 bits per heavy atom. The standard InChI is InChI=1S/C68H117NO8/c1-3-5-7-9-11-13-15-17-19-21-23-25-27-29-30-31-32-34-36-38-40-42-44-46-48-50-52-54-56-58-64(72)69-61(60-76-68-67(75)66(74)65(73)63(59-70)77-68)62(71)57-55-53-51-49-47-45-43-41-39-37-35-33-28-26-24-22-20-18-16-14-12-10-8-6-4-2/h5,7,11,13,17,19,23,25,29-30,32,34,38,40,44,46,50,52,61-63,65-68,70-71,73-75H,3-4,6,8-10,12,14-16,18,20-22,24,26-28,31,33,35-37,39,41-43,45,47-49,51,53-60H2,1-2H3,(H,69,72)/b7-5-,13-11-,19-17-,25-23-,30-29-,34-32-,40-38-,46-44-,52-50-. The molecule has 0 aliphatic carbocycles. The molecule has 1 heterocycles. The fraction of sp³-hybridized carbons (Fsp3) is 0.721. The Kier molecular flexibility index (Phi) is 52.4. The lowest BCUT2D eigenvalue weighted by Gasteiger charge is -2.40. The number of rotatable bonds is 53. The molecular formula is C68H117NO8. The van der Waals surface area contributed by atoms with E-state index in [2.05, 4.69) is 129 Å². The predicted molar refractivity (Wildman–Crippen MR) is 327 cm³/mol. The van der Waals surface area contributed by atoms with Crippen molar-refractivity contribution in [2.24, 2.45) is 0 Å². The van der Waals surface area contributed by atoms with E-state index in [-0.39, 0.29) is 18.9 Å². The average molecular weight is 1080 g/mol. The third kappa shape index (κ3) is 45.3. The van der Waals surface area contributed by atoms with E-state index in [9.17, 15) is 30.3 Å². The van der Waals surface area contributed by atoms with E-state index in [1.165, 1.54) is 141 Å². The second-order valence-electron chi connectivity index (χ2n) is 21.5. The topological polar surface area (TPSA) is 149 Å². The molecule has 0 saturated carbocycles. The molecule has 1 aliphatic rings. The first kappa shape index (κ1) is 71.9. The minimum atomic E-state index is -1.57. The maximum absolute atomic E-state index is 13.1. The van der Waals surface area contributed by atoms with Gasteiger partial charge < -0.3 is 40.3 Å². The number of aliphatic hydroxyl groups excluding tert-OH is 5. The van der Waals surface area contributed by atoms with Gasteiger partial charge >= 0.3 is 0 Å². The van der Waals surface area contributed by atoms with Crippen LogP contribution in [0.3, 0.4) is 0 Å². The van der Waals surface area contributed by atoms with Crippen LogP contribution in [0.2, 0.25) is 0 Å². The molecule has 77 heavy (non-hydrogen) atoms. The first-order valence-electron chi connectivity index (χ1n) is 31.6. The summed E-state index contributed by atoms with van der Waals surface area (Å²) in [4.78, 5) is 13.1. The van der Waals surface area contributed by atoms with Crippen LogP contribution >= 0.6 is 0 Å². The van der Waals surface area contributed by atoms with Gasteiger partial charge in [0.05, 0.1) is 25.4 Å². The van der Waals surface area contributed by atoms with Gasteiger partial charge in [0.2, 0.25) is 5.91 Å². The van der Waals surface area contributed by atoms with Crippen molar-refractivity contribution >= 4 is 5.91 Å². The van der Waals surface area contributed by atoms with E-state index in [0.717, 1.165) is 83.5 Å². The summed E-state index contributed by atoms with van der Waals surface area (Å²) in [6.07, 6.45) is 75.6. The van der Waals surface area contributed by atoms with Crippen molar-refractivity contribution in [3.63, 3.8) is 0 Å². The Bertz CT molecular complexity index is 1580. The fourth-order valence-electron chi connectivity index (χ4n) is 9.46. The Labute approximate surface area is 472 Å². The summed E-state index contributed by atoms with van der Waals surface area (Å²) >= 11 is 0. The van der Waals surface area contributed by atoms with Gasteiger partial charge in [0.1, 0.15) is 24.4 Å². The number of hydrogen-bond acceptors (Lipinski definition) is 8. The van der Waals surface area contributed by atoms with Gasteiger partial charge in [0, 0.05) is 6.42 Å². The molecular weight excluding hydrogens is 959 g/mol. The highest BCUT2D eigenvalue weighted by Crippen LogP contribution is 2.23. The van der Waals surface area contributed by atoms with Crippen molar-refractivity contribution in [3.8, 4) is 0 Å². The summed E-state index contributed by atoms with van der Waals surface area (Å²) in [6, 6.07) is -0.760. The first-order valence-corrected chi connectivity index (χ1v) is 31.6. The number of nitrogens with one attached hydrogen (secondary N) is 1. The molecule has 1 aliphatic heterocycles. The number of carbonyl (C=O) groups is 1. The van der Waals surface area contributed by atoms with Crippen LogP contribution in [0.1, 0.15) is 258 Å². The van der Waals surface area contributed by atoms with Gasteiger partial charge in [-0.05, 0) is 77.0 Å². The lowest BCUT2D eigenvalue weighted by atomic mass is 9.99. The lowest BCUT2D eigenvalue weighted by Crippen LogP contribution is -2.60. The molecule has 0 aromatic heterocycles. The lowest BCUT2D eigenvalue weighted by molar-refractivity contribution is -0.302. The third-order valence-corrected chi connectivity index (χ3v) is 14.4. The molecule has 1 fully saturated rings. The molecule has 9 nitrogen and oxygen atoms in total. The maximum Gasteiger partial charge on any atom is 0.220 e. The number of aliphatic hydroxyl groups is 5. The zero-order chi connectivity index (χ0) is 55.8. The van der Waals surface area contributed by atoms with Gasteiger partial charge in [-0.2, -0.15) is 0 Å². The smallest absolute Gasteiger partial charge is 0.220 e. The van der Waals surface area contributed by atoms with Crippen LogP contribution in [0, 0.1) is 0 Å². The number of ether oxygens (including phenoxy) is 2. The minimum Gasteiger partial charge on any atom is -0.394 e. The largest absolute Gasteiger partial charge is 0.394 e. The third-order valence-electron chi connectivity index (χ3n) is 14.4. The first-order chi connectivity index (χ1) is 37.8. The Morgan fingerprint density at radius 3 is 1.14 bits per heavy atom. The average Bonchev–Trinajstić information content (AvgIpc) is 3.43. The zero-order valence-corrected chi connectivity index (χ0v) is 49.2. The summed E-state index contributed by atoms with van der Waals surface area (Å²) in [7, 11) is 0. The monoisotopic (exact) mass is 1080 g/mol. The van der Waals surface area contributed by atoms with Crippen LogP contribution in [0.25, 0.3) is 0 Å². The predicted octanol–water partition coefficient (Wildman–Crippen LogP) is 16.5. The molecule has 7 atom stereocenters. The van der Waals surface area contributed by atoms with Crippen molar-refractivity contribution in [3.05, 3.63) is 109 Å². The van der Waals surface area contributed by atoms with Gasteiger partial charge in [-0.15, -0.1) is 0 Å². The molecule has 0 spiro atoms. The molecule has 7 unspecified atom stereocenters. The highest BCUT2D eigenvalue weighted by atomic mass is 16.7. The van der Waals surface area contributed by atoms with Crippen molar-refractivity contribution in [1.82, 2.24) is 5.32 Å². The molecule has 6 N–H and O–H groups in total. The van der Waals surface area contributed by atoms with E-state index in [1.54, 1.807) is 0 Å². The summed E-state index contributed by atoms with van der Waals surface area (Å²) in [5.74, 6) is -0.203. The van der Waals surface area contributed by atoms with Gasteiger partial charge in [-0.25, -0.2) is 0 Å². The molecule has 9 heteroatoms. The Hall–Kier alpha value is -3.15. The van der Waals surface area contributed by atoms with Crippen LogP contribution in [-0.2, 0) is 14.3 Å². The van der Waals surface area contributed by atoms with Crippen molar-refractivity contribution in [2.75, 3.05) is 13.2 Å². The van der Waals surface area contributed by atoms with Gasteiger partial charge in [-0.1, -0.05) is 284 Å². The van der Waals surface area contributed by atoms with E-state index >= 15 is 0 Å². The number of carbonyl (C=O) groups excluding carboxylic acids is 1. The molecule has 442 valence electrons. The van der Waals surface area contributed by atoms with E-state index < -0.39 is 49.5 Å². The van der Waals surface area contributed by atoms with E-state index in [1.807, 2.05) is 0 Å². The Balaban J connectivity index is 2.24. The highest BCUT2D eigenvalue weighted by molar-refractivity contribution is 5.76. The summed E-state index contributed by atoms with van der Waals surface area (Å²) in [5.41, 5.74) is 0. The summed E-state index contributed by atoms with van der Waals surface area (Å²) < 4.78 is 11.3. The summed E-state index contributed by atoms with van der Waals surface area (Å²) in [5, 5.41) is 54.8. The van der Waals surface area contributed by atoms with Crippen molar-refractivity contribution < 1.29 is 39.8 Å². The second kappa shape index (κ2) is 56.1. The zero-order valence-electron chi connectivity index (χ0n) is 49.2. The van der Waals surface area contributed by atoms with Gasteiger partial charge in [0.25, 0.3) is 0 Å². The number of allylic oxidation sites excluding steroid dienone is 18. The van der Waals surface area contributed by atoms with E-state index in [4.69, 9.17) is 9.47 Å². The summed E-state index contributed by atoms with van der Waals surface area (Å²) in [6.45, 7) is 3.71. The van der Waals surface area contributed by atoms with Crippen LogP contribution < -0.4 is 5.32 Å². The van der Waals surface area contributed by atoms with Crippen molar-refractivity contribution in [2.45, 2.75) is 301 Å². The van der Waals surface area contributed by atoms with Gasteiger partial charge in [-0.3, -0.25) is 4.79 Å². The molecule has 0 bridgehead atoms. The maximum atomic E-state index is 13.1. The molecule has 0 aromatic carbocycles. The number of amides is 1. The van der Waals surface area contributed by atoms with Crippen molar-refractivity contribution in [1.29, 1.82) is 0 Å². The highest BCUT2D eigenvalue weighted by Gasteiger charge is 2.44. The van der Waals surface area contributed by atoms with Crippen LogP contribution in [0.15, 0.2) is 109 Å². The quantitative estimate of drug-likeness (QED) is 0.0261. The minimum absolute atomic E-state index is 0.168. The normalized spacial score (nSPS) is 19.5. The number of hydrogen-bond donors (Lipinski definition) is 6. The number of unbranched alkanes of at least 4 members (excludes halogenated alkanes) is 25. The fourth-order valence-corrected chi connectivity index (χ4v) is 9.46. The van der Waals surface area contributed by atoms with Crippen LogP contribution in [0.5, 0.6) is 0 Å². The molecule has 0 radical (unpaired) electrons.